The lowest BCUT2D eigenvalue weighted by molar-refractivity contribution is 1.18. The number of para-hydroxylation sites is 6. The molecule has 3 nitrogen and oxygen atoms in total. The smallest absolute Gasteiger partial charge is 0.0541 e. The second-order valence-corrected chi connectivity index (χ2v) is 15.0. The minimum atomic E-state index is 0. The molecule has 3 aromatic heterocycles. The summed E-state index contributed by atoms with van der Waals surface area (Å²) in [5, 5.41) is 7.49. The summed E-state index contributed by atoms with van der Waals surface area (Å²) in [7, 11) is 0. The Labute approximate surface area is 342 Å². The predicted octanol–water partition coefficient (Wildman–Crippen LogP) is 14.4. The zero-order chi connectivity index (χ0) is 37.5. The molecule has 0 N–H and O–H groups in total. The molecule has 0 saturated heterocycles. The van der Waals surface area contributed by atoms with Crippen LogP contribution in [0.4, 0.5) is 0 Å². The summed E-state index contributed by atoms with van der Waals surface area (Å²) in [5.74, 6) is 0. The third-order valence-electron chi connectivity index (χ3n) is 11.8. The van der Waals surface area contributed by atoms with E-state index in [2.05, 4.69) is 226 Å². The van der Waals surface area contributed by atoms with E-state index in [0.29, 0.717) is 0 Å². The van der Waals surface area contributed by atoms with Crippen molar-refractivity contribution < 1.29 is 0 Å². The molecule has 0 spiro atoms. The van der Waals surface area contributed by atoms with E-state index in [1.807, 2.05) is 0 Å². The molecule has 3 heterocycles. The van der Waals surface area contributed by atoms with Gasteiger partial charge in [-0.05, 0) is 113 Å². The van der Waals surface area contributed by atoms with Gasteiger partial charge in [-0.2, -0.15) is 13.5 Å². The van der Waals surface area contributed by atoms with E-state index in [-0.39, 0.29) is 13.5 Å². The molecule has 0 aliphatic heterocycles. The number of benzene rings is 9. The van der Waals surface area contributed by atoms with E-state index in [0.717, 1.165) is 17.1 Å². The largest absolute Gasteiger partial charge is 0.309 e. The zero-order valence-electron chi connectivity index (χ0n) is 31.5. The summed E-state index contributed by atoms with van der Waals surface area (Å²) < 4.78 is 7.21. The highest BCUT2D eigenvalue weighted by molar-refractivity contribution is 7.59. The second-order valence-electron chi connectivity index (χ2n) is 15.0. The van der Waals surface area contributed by atoms with Gasteiger partial charge in [0.25, 0.3) is 0 Å². The van der Waals surface area contributed by atoms with Gasteiger partial charge >= 0.3 is 0 Å². The molecule has 0 fully saturated rings. The van der Waals surface area contributed by atoms with Crippen molar-refractivity contribution in [3.8, 4) is 39.3 Å². The standard InChI is InChI=1S/C54H35N3.H2S/c1-3-15-40(16-4-1)55-51-25-13-9-21-45(51)47-34-36(27-29-53(47)55)38-31-39(33-42(32-38)57-49-23-11-7-19-43(49)44-20-8-12-24-50(44)57)37-28-30-54-48(35-37)46-22-10-14-26-52(46)56(54)41-17-5-2-6-18-41;/h1-35H;1H2. The number of hydrogen-bond donors (Lipinski definition) is 0. The normalized spacial score (nSPS) is 11.7. The second kappa shape index (κ2) is 13.4. The Kier molecular flexibility index (Phi) is 7.88. The van der Waals surface area contributed by atoms with Gasteiger partial charge < -0.3 is 13.7 Å². The van der Waals surface area contributed by atoms with Crippen molar-refractivity contribution in [2.45, 2.75) is 0 Å². The Hall–Kier alpha value is -7.27. The van der Waals surface area contributed by atoms with Gasteiger partial charge in [0.05, 0.1) is 33.1 Å². The number of nitrogens with zero attached hydrogens (tertiary/aromatic N) is 3. The van der Waals surface area contributed by atoms with Crippen LogP contribution in [0.25, 0.3) is 105 Å². The molecule has 12 aromatic rings. The van der Waals surface area contributed by atoms with Crippen molar-refractivity contribution >= 4 is 78.9 Å². The topological polar surface area (TPSA) is 14.8 Å². The van der Waals surface area contributed by atoms with Gasteiger partial charge in [-0.1, -0.05) is 121 Å². The summed E-state index contributed by atoms with van der Waals surface area (Å²) in [5.41, 5.74) is 15.4. The molecule has 0 atom stereocenters. The fraction of sp³-hybridized carbons (Fsp3) is 0. The number of aromatic nitrogens is 3. The van der Waals surface area contributed by atoms with Gasteiger partial charge in [0.2, 0.25) is 0 Å². The van der Waals surface area contributed by atoms with Crippen molar-refractivity contribution in [3.05, 3.63) is 212 Å². The minimum Gasteiger partial charge on any atom is -0.309 e. The van der Waals surface area contributed by atoms with Crippen LogP contribution in [0.1, 0.15) is 0 Å². The molecule has 58 heavy (non-hydrogen) atoms. The molecule has 0 unspecified atom stereocenters. The minimum absolute atomic E-state index is 0. The molecule has 274 valence electrons. The van der Waals surface area contributed by atoms with Gasteiger partial charge in [-0.3, -0.25) is 0 Å². The number of rotatable bonds is 5. The molecule has 0 aliphatic carbocycles. The van der Waals surface area contributed by atoms with Crippen LogP contribution in [0.15, 0.2) is 212 Å². The number of fused-ring (bicyclic) bond motifs is 9. The first-order valence-corrected chi connectivity index (χ1v) is 19.6. The van der Waals surface area contributed by atoms with E-state index in [1.165, 1.54) is 87.7 Å². The lowest BCUT2D eigenvalue weighted by atomic mass is 9.96. The fourth-order valence-electron chi connectivity index (χ4n) is 9.29. The maximum Gasteiger partial charge on any atom is 0.0541 e. The van der Waals surface area contributed by atoms with Crippen molar-refractivity contribution in [1.82, 2.24) is 13.7 Å². The van der Waals surface area contributed by atoms with Crippen LogP contribution in [-0.2, 0) is 0 Å². The lowest BCUT2D eigenvalue weighted by Gasteiger charge is -2.15. The molecule has 4 heteroatoms. The third kappa shape index (κ3) is 5.16. The van der Waals surface area contributed by atoms with E-state index >= 15 is 0 Å². The highest BCUT2D eigenvalue weighted by atomic mass is 32.1. The van der Waals surface area contributed by atoms with E-state index < -0.39 is 0 Å². The van der Waals surface area contributed by atoms with Gasteiger partial charge in [-0.25, -0.2) is 0 Å². The molecular formula is C54H37N3S. The van der Waals surface area contributed by atoms with E-state index in [9.17, 15) is 0 Å². The number of hydrogen-bond acceptors (Lipinski definition) is 0. The summed E-state index contributed by atoms with van der Waals surface area (Å²) in [6.07, 6.45) is 0. The summed E-state index contributed by atoms with van der Waals surface area (Å²) in [6, 6.07) is 77.6. The van der Waals surface area contributed by atoms with E-state index in [4.69, 9.17) is 0 Å². The van der Waals surface area contributed by atoms with Gasteiger partial charge in [0, 0.05) is 49.4 Å². The first kappa shape index (κ1) is 34.0. The Morgan fingerprint density at radius 3 is 0.914 bits per heavy atom. The molecule has 0 saturated carbocycles. The van der Waals surface area contributed by atoms with Crippen LogP contribution in [0.5, 0.6) is 0 Å². The summed E-state index contributed by atoms with van der Waals surface area (Å²) >= 11 is 0. The van der Waals surface area contributed by atoms with Crippen LogP contribution in [0.3, 0.4) is 0 Å². The Balaban J connectivity index is 0.00000385. The summed E-state index contributed by atoms with van der Waals surface area (Å²) in [4.78, 5) is 0. The van der Waals surface area contributed by atoms with Crippen LogP contribution in [-0.4, -0.2) is 13.7 Å². The SMILES string of the molecule is S.c1ccc(-n2c3ccccc3c3cc(-c4cc(-c5ccc6c(c5)c5ccccc5n6-c5ccccc5)cc(-n5c6ccccc6c6ccccc65)c4)ccc32)cc1. The van der Waals surface area contributed by atoms with Crippen LogP contribution in [0, 0.1) is 0 Å². The van der Waals surface area contributed by atoms with Gasteiger partial charge in [0.1, 0.15) is 0 Å². The molecule has 0 radical (unpaired) electrons. The van der Waals surface area contributed by atoms with Crippen molar-refractivity contribution in [1.29, 1.82) is 0 Å². The Morgan fingerprint density at radius 2 is 0.517 bits per heavy atom. The average molecular weight is 760 g/mol. The average Bonchev–Trinajstić information content (AvgIpc) is 3.92. The quantitative estimate of drug-likeness (QED) is 0.166. The van der Waals surface area contributed by atoms with Crippen molar-refractivity contribution in [3.63, 3.8) is 0 Å². The maximum absolute atomic E-state index is 2.44. The first-order chi connectivity index (χ1) is 28.3. The maximum atomic E-state index is 2.44. The van der Waals surface area contributed by atoms with Crippen LogP contribution >= 0.6 is 13.5 Å². The molecular weight excluding hydrogens is 723 g/mol. The zero-order valence-corrected chi connectivity index (χ0v) is 32.5. The van der Waals surface area contributed by atoms with Crippen LogP contribution < -0.4 is 0 Å². The highest BCUT2D eigenvalue weighted by Crippen LogP contribution is 2.40. The molecule has 0 aliphatic rings. The lowest BCUT2D eigenvalue weighted by Crippen LogP contribution is -1.96. The van der Waals surface area contributed by atoms with Crippen LogP contribution in [0.2, 0.25) is 0 Å². The Bertz CT molecular complexity index is 3290. The van der Waals surface area contributed by atoms with Gasteiger partial charge in [0.15, 0.2) is 0 Å². The van der Waals surface area contributed by atoms with Crippen molar-refractivity contribution in [2.75, 3.05) is 0 Å². The fourth-order valence-corrected chi connectivity index (χ4v) is 9.29. The monoisotopic (exact) mass is 759 g/mol. The molecule has 9 aromatic carbocycles. The molecule has 12 rings (SSSR count). The first-order valence-electron chi connectivity index (χ1n) is 19.6. The van der Waals surface area contributed by atoms with E-state index in [1.54, 1.807) is 0 Å². The summed E-state index contributed by atoms with van der Waals surface area (Å²) in [6.45, 7) is 0. The van der Waals surface area contributed by atoms with Crippen molar-refractivity contribution in [2.24, 2.45) is 0 Å². The molecule has 0 amide bonds. The van der Waals surface area contributed by atoms with Gasteiger partial charge in [-0.15, -0.1) is 0 Å². The predicted molar refractivity (Wildman–Crippen MR) is 251 cm³/mol. The Morgan fingerprint density at radius 1 is 0.207 bits per heavy atom. The highest BCUT2D eigenvalue weighted by Gasteiger charge is 2.18. The third-order valence-corrected chi connectivity index (χ3v) is 11.8. The molecule has 0 bridgehead atoms.